The summed E-state index contributed by atoms with van der Waals surface area (Å²) >= 11 is 0. The SMILES string of the molecule is Cc1cccc(C(Cc2ccccc2)[N-]c2c(C(C)C)cccc2C(C)C)n1.Cc1cccc(C(Cc2ccccc2)[N-]c2c(C(C)C)cccc2C(C)C)n1.[CH2-]c1ccccc1.[CH2-]c1ccccc1.[CH2-]c1ccccc1.[CH2-]c1ccccc1.[CH2-]c1ccccc1.[CH2-]c1ccccc1.[Hf].[Zr+3]. The van der Waals surface area contributed by atoms with E-state index >= 15 is 0 Å². The molecule has 513 valence electrons. The first-order valence-electron chi connectivity index (χ1n) is 34.1. The van der Waals surface area contributed by atoms with Gasteiger partial charge in [-0.25, -0.2) is 0 Å². The molecule has 0 N–H and O–H groups in total. The maximum Gasteiger partial charge on any atom is 3.00 e. The molecule has 0 fully saturated rings. The van der Waals surface area contributed by atoms with Gasteiger partial charge in [0.25, 0.3) is 0 Å². The van der Waals surface area contributed by atoms with Crippen molar-refractivity contribution in [1.82, 2.24) is 9.97 Å². The van der Waals surface area contributed by atoms with Crippen LogP contribution in [-0.2, 0) is 64.9 Å². The van der Waals surface area contributed by atoms with E-state index in [1.54, 1.807) is 0 Å². The minimum Gasteiger partial charge on any atom is -0.676 e. The molecule has 0 bridgehead atoms. The van der Waals surface area contributed by atoms with E-state index in [1.807, 2.05) is 208 Å². The standard InChI is InChI=1S/2C26H31N2.6C7H7.Hf.Zr/c2*1-18(2)22-14-10-15-23(19(3)4)26(22)28-25(17-21-12-7-6-8-13-21)24-16-9-11-20(5)27-24;6*1-7-5-3-2-4-6-7;;/h2*6-16,18-19,25H,17H2,1-5H3;6*2-6H,1H2;;/q8*-1;;+3. The van der Waals surface area contributed by atoms with E-state index in [-0.39, 0.29) is 64.1 Å². The van der Waals surface area contributed by atoms with E-state index in [4.69, 9.17) is 20.6 Å². The molecule has 0 saturated carbocycles. The predicted molar refractivity (Wildman–Crippen MR) is 424 cm³/mol. The molecule has 1 radical (unpaired) electrons. The molecule has 100 heavy (non-hydrogen) atoms. The van der Waals surface area contributed by atoms with Crippen LogP contribution in [0.15, 0.2) is 315 Å². The van der Waals surface area contributed by atoms with E-state index in [1.165, 1.54) is 33.4 Å². The zero-order valence-corrected chi connectivity index (χ0v) is 67.0. The third kappa shape index (κ3) is 33.8. The number of para-hydroxylation sites is 2. The Kier molecular flexibility index (Phi) is 41.6. The van der Waals surface area contributed by atoms with Crippen LogP contribution < -0.4 is 0 Å². The second-order valence-electron chi connectivity index (χ2n) is 25.2. The van der Waals surface area contributed by atoms with Gasteiger partial charge in [0.2, 0.25) is 0 Å². The second kappa shape index (κ2) is 48.8. The number of aryl methyl sites for hydroxylation is 2. The Balaban J connectivity index is 0.000000328. The molecule has 6 heteroatoms. The number of nitrogens with zero attached hydrogens (tertiary/aromatic N) is 4. The maximum atomic E-state index is 5.35. The molecule has 0 aliphatic carbocycles. The van der Waals surface area contributed by atoms with Gasteiger partial charge in [-0.3, -0.25) is 9.97 Å². The van der Waals surface area contributed by atoms with Crippen molar-refractivity contribution in [3.8, 4) is 0 Å². The summed E-state index contributed by atoms with van der Waals surface area (Å²) in [6.07, 6.45) is 1.70. The van der Waals surface area contributed by atoms with Gasteiger partial charge in [0.1, 0.15) is 0 Å². The van der Waals surface area contributed by atoms with E-state index in [0.717, 1.165) is 80.4 Å². The van der Waals surface area contributed by atoms with E-state index < -0.39 is 0 Å². The zero-order chi connectivity index (χ0) is 70.9. The van der Waals surface area contributed by atoms with Gasteiger partial charge in [0.15, 0.2) is 0 Å². The van der Waals surface area contributed by atoms with E-state index in [0.29, 0.717) is 23.7 Å². The summed E-state index contributed by atoms with van der Waals surface area (Å²) in [4.78, 5) is 9.64. The fourth-order valence-electron chi connectivity index (χ4n) is 10.1. The molecule has 0 aliphatic heterocycles. The molecule has 2 atom stereocenters. The van der Waals surface area contributed by atoms with Gasteiger partial charge in [-0.1, -0.05) is 235 Å². The third-order valence-corrected chi connectivity index (χ3v) is 15.4. The van der Waals surface area contributed by atoms with Gasteiger partial charge in [-0.2, -0.15) is 148 Å². The van der Waals surface area contributed by atoms with Gasteiger partial charge < -0.3 is 10.6 Å². The quantitative estimate of drug-likeness (QED) is 0.0805. The Labute approximate surface area is 643 Å². The summed E-state index contributed by atoms with van der Waals surface area (Å²) < 4.78 is 0. The van der Waals surface area contributed by atoms with Crippen molar-refractivity contribution < 1.29 is 52.0 Å². The normalized spacial score (nSPS) is 10.5. The monoisotopic (exact) mass is 1560 g/mol. The molecule has 10 aromatic carbocycles. The van der Waals surface area contributed by atoms with E-state index in [9.17, 15) is 0 Å². The number of hydrogen-bond acceptors (Lipinski definition) is 2. The van der Waals surface area contributed by atoms with Crippen molar-refractivity contribution in [2.45, 2.75) is 118 Å². The Morgan fingerprint density at radius 2 is 0.450 bits per heavy atom. The van der Waals surface area contributed by atoms with Crippen molar-refractivity contribution >= 4 is 11.4 Å². The summed E-state index contributed by atoms with van der Waals surface area (Å²) in [5.74, 6) is 1.72. The molecule has 2 aromatic heterocycles. The van der Waals surface area contributed by atoms with Gasteiger partial charge in [-0.05, 0) is 85.8 Å². The number of rotatable bonds is 14. The number of aromatic nitrogens is 2. The first kappa shape index (κ1) is 85.3. The average molecular weight is 1560 g/mol. The summed E-state index contributed by atoms with van der Waals surface area (Å²) in [5.41, 5.74) is 20.7. The molecule has 0 amide bonds. The molecule has 0 aliphatic rings. The molecule has 0 spiro atoms. The van der Waals surface area contributed by atoms with Gasteiger partial charge in [0, 0.05) is 48.6 Å². The van der Waals surface area contributed by atoms with Crippen LogP contribution in [0.5, 0.6) is 0 Å². The largest absolute Gasteiger partial charge is 3.00 e. The smallest absolute Gasteiger partial charge is 0.676 e. The average Bonchev–Trinajstić information content (AvgIpc) is 0.819. The maximum absolute atomic E-state index is 5.35. The van der Waals surface area contributed by atoms with Crippen LogP contribution in [0.1, 0.15) is 181 Å². The number of benzene rings is 10. The summed E-state index contributed by atoms with van der Waals surface area (Å²) in [6.45, 7) is 44.4. The summed E-state index contributed by atoms with van der Waals surface area (Å²) in [7, 11) is 0. The third-order valence-electron chi connectivity index (χ3n) is 15.4. The summed E-state index contributed by atoms with van der Waals surface area (Å²) in [6, 6.07) is 106. The molecule has 12 aromatic rings. The van der Waals surface area contributed by atoms with Gasteiger partial charge in [0.05, 0.1) is 0 Å². The van der Waals surface area contributed by atoms with Gasteiger partial charge in [-0.15, -0.1) is 84.2 Å². The first-order valence-corrected chi connectivity index (χ1v) is 34.1. The Morgan fingerprint density at radius 1 is 0.260 bits per heavy atom. The fourth-order valence-corrected chi connectivity index (χ4v) is 10.1. The van der Waals surface area contributed by atoms with Crippen molar-refractivity contribution in [3.05, 3.63) is 457 Å². The van der Waals surface area contributed by atoms with Crippen LogP contribution in [0, 0.1) is 55.4 Å². The number of hydrogen-bond donors (Lipinski definition) is 0. The first-order chi connectivity index (χ1) is 47.3. The van der Waals surface area contributed by atoms with Gasteiger partial charge >= 0.3 is 26.2 Å². The van der Waals surface area contributed by atoms with Crippen molar-refractivity contribution in [2.75, 3.05) is 0 Å². The Morgan fingerprint density at radius 3 is 0.620 bits per heavy atom. The predicted octanol–water partition coefficient (Wildman–Crippen LogP) is 26.5. The molecule has 4 nitrogen and oxygen atoms in total. The van der Waals surface area contributed by atoms with Crippen LogP contribution in [-0.4, -0.2) is 9.97 Å². The van der Waals surface area contributed by atoms with Crippen molar-refractivity contribution in [3.63, 3.8) is 0 Å². The van der Waals surface area contributed by atoms with Crippen molar-refractivity contribution in [1.29, 1.82) is 0 Å². The second-order valence-corrected chi connectivity index (χ2v) is 25.2. The minimum atomic E-state index is -0.000278. The van der Waals surface area contributed by atoms with E-state index in [2.05, 4.69) is 218 Å². The topological polar surface area (TPSA) is 54.0 Å². The number of pyridine rings is 2. The Hall–Kier alpha value is -8.93. The molecule has 2 heterocycles. The molecule has 2 unspecified atom stereocenters. The zero-order valence-electron chi connectivity index (χ0n) is 60.9. The fraction of sp³-hybridized carbons (Fsp3) is 0.191. The van der Waals surface area contributed by atoms with Crippen LogP contribution in [0.3, 0.4) is 0 Å². The molecule has 0 saturated heterocycles. The van der Waals surface area contributed by atoms with Crippen LogP contribution in [0.25, 0.3) is 10.6 Å². The minimum absolute atomic E-state index is 0. The molecule has 12 rings (SSSR count). The molecular formula is C94H104HfN4Zr-5. The van der Waals surface area contributed by atoms with Crippen LogP contribution >= 0.6 is 0 Å². The van der Waals surface area contributed by atoms with Crippen LogP contribution in [0.4, 0.5) is 11.4 Å². The Bertz CT molecular complexity index is 3510. The van der Waals surface area contributed by atoms with Crippen molar-refractivity contribution in [2.24, 2.45) is 0 Å². The van der Waals surface area contributed by atoms with Crippen LogP contribution in [0.2, 0.25) is 0 Å². The summed E-state index contributed by atoms with van der Waals surface area (Å²) in [5, 5.41) is 10.7. The molecular weight excluding hydrogens is 1450 g/mol.